The molecule has 1 aromatic heterocycles. The minimum atomic E-state index is -1.19. The van der Waals surface area contributed by atoms with Crippen LogP contribution in [0.1, 0.15) is 48.0 Å². The van der Waals surface area contributed by atoms with Gasteiger partial charge in [0.15, 0.2) is 0 Å². The summed E-state index contributed by atoms with van der Waals surface area (Å²) in [4.78, 5) is 23.3. The number of aryl methyl sites for hydroxylation is 1. The summed E-state index contributed by atoms with van der Waals surface area (Å²) in [7, 11) is 0. The predicted molar refractivity (Wildman–Crippen MR) is 86.6 cm³/mol. The van der Waals surface area contributed by atoms with Crippen molar-refractivity contribution in [3.63, 3.8) is 0 Å². The molecule has 0 aliphatic rings. The van der Waals surface area contributed by atoms with Gasteiger partial charge in [0.2, 0.25) is 0 Å². The average Bonchev–Trinajstić information content (AvgIpc) is 2.42. The molecule has 4 heteroatoms. The predicted octanol–water partition coefficient (Wildman–Crippen LogP) is 3.20. The lowest BCUT2D eigenvalue weighted by atomic mass is 9.87. The van der Waals surface area contributed by atoms with Crippen LogP contribution < -0.4 is 5.56 Å². The van der Waals surface area contributed by atoms with Crippen LogP contribution in [0.2, 0.25) is 0 Å². The van der Waals surface area contributed by atoms with Crippen molar-refractivity contribution in [2.24, 2.45) is 0 Å². The highest BCUT2D eigenvalue weighted by molar-refractivity contribution is 5.87. The molecule has 22 heavy (non-hydrogen) atoms. The second-order valence-electron chi connectivity index (χ2n) is 6.53. The number of aromatic nitrogens is 1. The topological polar surface area (TPSA) is 59.3 Å². The average molecular weight is 299 g/mol. The van der Waals surface area contributed by atoms with Gasteiger partial charge >= 0.3 is 5.97 Å². The Bertz CT molecular complexity index is 749. The van der Waals surface area contributed by atoms with Gasteiger partial charge in [-0.2, -0.15) is 0 Å². The number of carbonyl (C=O) groups is 1. The number of pyridine rings is 1. The minimum Gasteiger partial charge on any atom is -0.477 e. The van der Waals surface area contributed by atoms with Gasteiger partial charge in [-0.1, -0.05) is 45.0 Å². The number of hydrogen-bond acceptors (Lipinski definition) is 2. The van der Waals surface area contributed by atoms with E-state index >= 15 is 0 Å². The molecule has 0 aliphatic carbocycles. The maximum Gasteiger partial charge on any atom is 0.341 e. The van der Waals surface area contributed by atoms with Gasteiger partial charge in [-0.3, -0.25) is 4.79 Å². The van der Waals surface area contributed by atoms with Crippen molar-refractivity contribution >= 4 is 5.97 Å². The van der Waals surface area contributed by atoms with E-state index < -0.39 is 11.5 Å². The Kier molecular flexibility index (Phi) is 4.22. The third-order valence-corrected chi connectivity index (χ3v) is 3.78. The SMILES string of the molecule is Cc1ccc(C(=O)O)c(=O)n1Cc1ccc(C(C)(C)C)cc1. The Morgan fingerprint density at radius 3 is 2.18 bits per heavy atom. The summed E-state index contributed by atoms with van der Waals surface area (Å²) in [5, 5.41) is 9.06. The largest absolute Gasteiger partial charge is 0.477 e. The second-order valence-corrected chi connectivity index (χ2v) is 6.53. The number of carboxylic acid groups (broad SMARTS) is 1. The molecule has 2 aromatic rings. The third kappa shape index (κ3) is 3.27. The Hall–Kier alpha value is -2.36. The van der Waals surface area contributed by atoms with E-state index in [2.05, 4.69) is 32.9 Å². The number of aromatic carboxylic acids is 1. The summed E-state index contributed by atoms with van der Waals surface area (Å²) < 4.78 is 1.50. The van der Waals surface area contributed by atoms with Gasteiger partial charge in [0, 0.05) is 5.69 Å². The molecule has 0 spiro atoms. The van der Waals surface area contributed by atoms with Crippen molar-refractivity contribution in [3.8, 4) is 0 Å². The van der Waals surface area contributed by atoms with E-state index in [1.54, 1.807) is 13.0 Å². The molecule has 0 saturated heterocycles. The smallest absolute Gasteiger partial charge is 0.341 e. The van der Waals surface area contributed by atoms with Gasteiger partial charge in [-0.15, -0.1) is 0 Å². The van der Waals surface area contributed by atoms with Crippen LogP contribution >= 0.6 is 0 Å². The third-order valence-electron chi connectivity index (χ3n) is 3.78. The van der Waals surface area contributed by atoms with Crippen molar-refractivity contribution < 1.29 is 9.90 Å². The van der Waals surface area contributed by atoms with Gasteiger partial charge in [-0.05, 0) is 35.6 Å². The lowest BCUT2D eigenvalue weighted by molar-refractivity contribution is 0.0694. The maximum atomic E-state index is 12.2. The van der Waals surface area contributed by atoms with Gasteiger partial charge in [0.1, 0.15) is 5.56 Å². The molecule has 0 radical (unpaired) electrons. The number of carboxylic acids is 1. The Labute approximate surface area is 130 Å². The number of benzene rings is 1. The summed E-state index contributed by atoms with van der Waals surface area (Å²) >= 11 is 0. The fourth-order valence-electron chi connectivity index (χ4n) is 2.32. The standard InChI is InChI=1S/C18H21NO3/c1-12-5-10-15(17(21)22)16(20)19(12)11-13-6-8-14(9-7-13)18(2,3)4/h5-10H,11H2,1-4H3,(H,21,22). The highest BCUT2D eigenvalue weighted by Gasteiger charge is 2.14. The molecule has 0 amide bonds. The molecule has 4 nitrogen and oxygen atoms in total. The zero-order valence-electron chi connectivity index (χ0n) is 13.4. The van der Waals surface area contributed by atoms with E-state index in [1.807, 2.05) is 12.1 Å². The van der Waals surface area contributed by atoms with Gasteiger partial charge < -0.3 is 9.67 Å². The molecule has 0 fully saturated rings. The van der Waals surface area contributed by atoms with Crippen LogP contribution in [0.3, 0.4) is 0 Å². The maximum absolute atomic E-state index is 12.2. The van der Waals surface area contributed by atoms with Crippen LogP contribution in [0.15, 0.2) is 41.2 Å². The molecule has 0 atom stereocenters. The summed E-state index contributed by atoms with van der Waals surface area (Å²) in [6.45, 7) is 8.61. The molecule has 0 aliphatic heterocycles. The van der Waals surface area contributed by atoms with Crippen LogP contribution in [0.4, 0.5) is 0 Å². The summed E-state index contributed by atoms with van der Waals surface area (Å²) in [5.74, 6) is -1.19. The molecule has 116 valence electrons. The molecular weight excluding hydrogens is 278 g/mol. The van der Waals surface area contributed by atoms with E-state index in [0.29, 0.717) is 6.54 Å². The van der Waals surface area contributed by atoms with Gasteiger partial charge in [0.25, 0.3) is 5.56 Å². The normalized spacial score (nSPS) is 11.5. The van der Waals surface area contributed by atoms with Crippen molar-refractivity contribution in [1.29, 1.82) is 0 Å². The van der Waals surface area contributed by atoms with Crippen LogP contribution in [-0.2, 0) is 12.0 Å². The van der Waals surface area contributed by atoms with E-state index in [-0.39, 0.29) is 11.0 Å². The Morgan fingerprint density at radius 2 is 1.68 bits per heavy atom. The Morgan fingerprint density at radius 1 is 1.09 bits per heavy atom. The first-order chi connectivity index (χ1) is 10.2. The van der Waals surface area contributed by atoms with Gasteiger partial charge in [0.05, 0.1) is 6.54 Å². The molecule has 1 aromatic carbocycles. The minimum absolute atomic E-state index is 0.0779. The molecule has 0 saturated carbocycles. The van der Waals surface area contributed by atoms with E-state index in [4.69, 9.17) is 5.11 Å². The zero-order valence-corrected chi connectivity index (χ0v) is 13.4. The van der Waals surface area contributed by atoms with E-state index in [1.165, 1.54) is 16.2 Å². The summed E-state index contributed by atoms with van der Waals surface area (Å²) in [6.07, 6.45) is 0. The van der Waals surface area contributed by atoms with Crippen LogP contribution in [0.25, 0.3) is 0 Å². The summed E-state index contributed by atoms with van der Waals surface area (Å²) in [5.41, 5.74) is 2.36. The van der Waals surface area contributed by atoms with Crippen LogP contribution in [0, 0.1) is 6.92 Å². The number of nitrogens with zero attached hydrogens (tertiary/aromatic N) is 1. The number of hydrogen-bond donors (Lipinski definition) is 1. The first-order valence-corrected chi connectivity index (χ1v) is 7.23. The molecule has 0 unspecified atom stereocenters. The molecule has 1 N–H and O–H groups in total. The zero-order chi connectivity index (χ0) is 16.5. The first kappa shape index (κ1) is 16.0. The van der Waals surface area contributed by atoms with E-state index in [0.717, 1.165) is 11.3 Å². The lowest BCUT2D eigenvalue weighted by Gasteiger charge is -2.19. The first-order valence-electron chi connectivity index (χ1n) is 7.23. The molecule has 0 bridgehead atoms. The molecule has 1 heterocycles. The molecular formula is C18H21NO3. The quantitative estimate of drug-likeness (QED) is 0.946. The second kappa shape index (κ2) is 5.79. The van der Waals surface area contributed by atoms with Crippen LogP contribution in [0.5, 0.6) is 0 Å². The summed E-state index contributed by atoms with van der Waals surface area (Å²) in [6, 6.07) is 11.1. The lowest BCUT2D eigenvalue weighted by Crippen LogP contribution is -2.28. The van der Waals surface area contributed by atoms with Crippen molar-refractivity contribution in [1.82, 2.24) is 4.57 Å². The highest BCUT2D eigenvalue weighted by atomic mass is 16.4. The van der Waals surface area contributed by atoms with E-state index in [9.17, 15) is 9.59 Å². The van der Waals surface area contributed by atoms with Crippen LogP contribution in [-0.4, -0.2) is 15.6 Å². The van der Waals surface area contributed by atoms with Crippen molar-refractivity contribution in [2.75, 3.05) is 0 Å². The fourth-order valence-corrected chi connectivity index (χ4v) is 2.32. The highest BCUT2D eigenvalue weighted by Crippen LogP contribution is 2.22. The van der Waals surface area contributed by atoms with Crippen molar-refractivity contribution in [2.45, 2.75) is 39.7 Å². The fraction of sp³-hybridized carbons (Fsp3) is 0.333. The Balaban J connectivity index is 2.37. The number of rotatable bonds is 3. The molecule has 2 rings (SSSR count). The monoisotopic (exact) mass is 299 g/mol. The van der Waals surface area contributed by atoms with Gasteiger partial charge in [-0.25, -0.2) is 4.79 Å². The van der Waals surface area contributed by atoms with Crippen molar-refractivity contribution in [3.05, 3.63) is 69.1 Å².